The summed E-state index contributed by atoms with van der Waals surface area (Å²) in [5.74, 6) is 0. The highest BCUT2D eigenvalue weighted by atomic mass is 35.5. The highest BCUT2D eigenvalue weighted by Gasteiger charge is 2.24. The van der Waals surface area contributed by atoms with E-state index >= 15 is 0 Å². The molecule has 128 valence electrons. The average molecular weight is 341 g/mol. The lowest BCUT2D eigenvalue weighted by molar-refractivity contribution is 0.0491. The third-order valence-electron chi connectivity index (χ3n) is 3.68. The van der Waals surface area contributed by atoms with E-state index in [1.165, 1.54) is 6.42 Å². The molecule has 1 aliphatic rings. The first-order valence-corrected chi connectivity index (χ1v) is 8.40. The Morgan fingerprint density at radius 2 is 2.17 bits per heavy atom. The number of amides is 1. The Balaban J connectivity index is 1.88. The molecule has 23 heavy (non-hydrogen) atoms. The SMILES string of the molecule is CC(C)(C)OC(=O)NCC1CCCCN1Cc1ccc(Cl)nn1. The number of alkyl carbamates (subject to hydrolysis) is 1. The number of nitrogens with zero attached hydrogens (tertiary/aromatic N) is 3. The summed E-state index contributed by atoms with van der Waals surface area (Å²) < 4.78 is 5.29. The number of rotatable bonds is 4. The van der Waals surface area contributed by atoms with Gasteiger partial charge in [-0.15, -0.1) is 5.10 Å². The van der Waals surface area contributed by atoms with E-state index in [1.54, 1.807) is 6.07 Å². The van der Waals surface area contributed by atoms with Crippen molar-refractivity contribution in [3.63, 3.8) is 0 Å². The molecule has 0 spiro atoms. The predicted octanol–water partition coefficient (Wildman–Crippen LogP) is 3.01. The summed E-state index contributed by atoms with van der Waals surface area (Å²) in [5, 5.41) is 11.3. The Morgan fingerprint density at radius 3 is 2.83 bits per heavy atom. The Bertz CT molecular complexity index is 516. The van der Waals surface area contributed by atoms with Gasteiger partial charge in [0.15, 0.2) is 5.15 Å². The largest absolute Gasteiger partial charge is 0.444 e. The molecule has 1 aromatic heterocycles. The Hall–Kier alpha value is -1.40. The lowest BCUT2D eigenvalue weighted by Gasteiger charge is -2.35. The maximum absolute atomic E-state index is 11.8. The maximum Gasteiger partial charge on any atom is 0.407 e. The van der Waals surface area contributed by atoms with E-state index in [0.717, 1.165) is 25.1 Å². The van der Waals surface area contributed by atoms with Crippen LogP contribution in [0.5, 0.6) is 0 Å². The Morgan fingerprint density at radius 1 is 1.39 bits per heavy atom. The number of aromatic nitrogens is 2. The van der Waals surface area contributed by atoms with Gasteiger partial charge in [-0.2, -0.15) is 5.10 Å². The normalized spacial score (nSPS) is 19.4. The van der Waals surface area contributed by atoms with Gasteiger partial charge in [-0.3, -0.25) is 4.90 Å². The summed E-state index contributed by atoms with van der Waals surface area (Å²) in [7, 11) is 0. The fourth-order valence-electron chi connectivity index (χ4n) is 2.65. The molecular formula is C16H25ClN4O2. The number of hydrogen-bond donors (Lipinski definition) is 1. The van der Waals surface area contributed by atoms with E-state index < -0.39 is 5.60 Å². The molecule has 1 atom stereocenters. The van der Waals surface area contributed by atoms with E-state index in [0.29, 0.717) is 18.2 Å². The summed E-state index contributed by atoms with van der Waals surface area (Å²) in [6, 6.07) is 3.93. The van der Waals surface area contributed by atoms with E-state index in [-0.39, 0.29) is 12.1 Å². The van der Waals surface area contributed by atoms with Gasteiger partial charge in [-0.05, 0) is 52.3 Å². The summed E-state index contributed by atoms with van der Waals surface area (Å²) in [6.45, 7) is 7.86. The number of hydrogen-bond acceptors (Lipinski definition) is 5. The molecule has 1 fully saturated rings. The lowest BCUT2D eigenvalue weighted by Crippen LogP contribution is -2.47. The first-order valence-electron chi connectivity index (χ1n) is 8.02. The molecule has 6 nitrogen and oxygen atoms in total. The Kier molecular flexibility index (Phi) is 6.18. The zero-order valence-electron chi connectivity index (χ0n) is 14.0. The number of piperidine rings is 1. The molecule has 0 radical (unpaired) electrons. The molecule has 1 unspecified atom stereocenters. The van der Waals surface area contributed by atoms with Crippen LogP contribution in [-0.2, 0) is 11.3 Å². The summed E-state index contributed by atoms with van der Waals surface area (Å²) >= 11 is 5.77. The highest BCUT2D eigenvalue weighted by molar-refractivity contribution is 6.29. The van der Waals surface area contributed by atoms with Crippen LogP contribution in [0.4, 0.5) is 4.79 Å². The van der Waals surface area contributed by atoms with E-state index in [1.807, 2.05) is 26.8 Å². The van der Waals surface area contributed by atoms with Crippen molar-refractivity contribution in [1.82, 2.24) is 20.4 Å². The monoisotopic (exact) mass is 340 g/mol. The molecule has 0 bridgehead atoms. The van der Waals surface area contributed by atoms with Gasteiger partial charge in [0.1, 0.15) is 5.60 Å². The second kappa shape index (κ2) is 7.93. The number of carbonyl (C=O) groups is 1. The van der Waals surface area contributed by atoms with Gasteiger partial charge in [0, 0.05) is 19.1 Å². The van der Waals surface area contributed by atoms with Gasteiger partial charge in [0.05, 0.1) is 5.69 Å². The molecule has 0 aliphatic carbocycles. The molecule has 1 amide bonds. The number of carbonyl (C=O) groups excluding carboxylic acids is 1. The predicted molar refractivity (Wildman–Crippen MR) is 89.3 cm³/mol. The van der Waals surface area contributed by atoms with Crippen LogP contribution in [0.1, 0.15) is 45.7 Å². The molecule has 1 aliphatic heterocycles. The number of ether oxygens (including phenoxy) is 1. The van der Waals surface area contributed by atoms with Crippen LogP contribution >= 0.6 is 11.6 Å². The van der Waals surface area contributed by atoms with Crippen molar-refractivity contribution in [2.75, 3.05) is 13.1 Å². The van der Waals surface area contributed by atoms with Gasteiger partial charge >= 0.3 is 6.09 Å². The first-order chi connectivity index (χ1) is 10.8. The van der Waals surface area contributed by atoms with Gasteiger partial charge < -0.3 is 10.1 Å². The molecule has 1 aromatic rings. The fourth-order valence-corrected chi connectivity index (χ4v) is 2.75. The lowest BCUT2D eigenvalue weighted by atomic mass is 10.0. The standard InChI is InChI=1S/C16H25ClN4O2/c1-16(2,3)23-15(22)18-10-13-6-4-5-9-21(13)11-12-7-8-14(17)20-19-12/h7-8,13H,4-6,9-11H2,1-3H3,(H,18,22). The minimum Gasteiger partial charge on any atom is -0.444 e. The second-order valence-corrected chi connectivity index (χ2v) is 7.24. The van der Waals surface area contributed by atoms with Crippen molar-refractivity contribution in [3.8, 4) is 0 Å². The van der Waals surface area contributed by atoms with E-state index in [2.05, 4.69) is 20.4 Å². The van der Waals surface area contributed by atoms with Crippen LogP contribution in [-0.4, -0.2) is 45.9 Å². The number of halogens is 1. The van der Waals surface area contributed by atoms with Crippen LogP contribution in [0, 0.1) is 0 Å². The van der Waals surface area contributed by atoms with Crippen LogP contribution in [0.25, 0.3) is 0 Å². The second-order valence-electron chi connectivity index (χ2n) is 6.85. The van der Waals surface area contributed by atoms with Crippen LogP contribution in [0.3, 0.4) is 0 Å². The van der Waals surface area contributed by atoms with Crippen LogP contribution in [0.15, 0.2) is 12.1 Å². The van der Waals surface area contributed by atoms with Crippen molar-refractivity contribution in [2.45, 2.75) is 58.2 Å². The molecule has 1 N–H and O–H groups in total. The van der Waals surface area contributed by atoms with Crippen molar-refractivity contribution in [1.29, 1.82) is 0 Å². The van der Waals surface area contributed by atoms with Crippen LogP contribution < -0.4 is 5.32 Å². The zero-order chi connectivity index (χ0) is 16.9. The van der Waals surface area contributed by atoms with Gasteiger partial charge in [-0.25, -0.2) is 4.79 Å². The molecule has 2 heterocycles. The van der Waals surface area contributed by atoms with Gasteiger partial charge in [-0.1, -0.05) is 18.0 Å². The van der Waals surface area contributed by atoms with E-state index in [9.17, 15) is 4.79 Å². The first kappa shape index (κ1) is 17.9. The van der Waals surface area contributed by atoms with Crippen LogP contribution in [0.2, 0.25) is 5.15 Å². The molecule has 7 heteroatoms. The molecule has 0 saturated carbocycles. The number of likely N-dealkylation sites (tertiary alicyclic amines) is 1. The summed E-state index contributed by atoms with van der Waals surface area (Å²) in [5.41, 5.74) is 0.411. The molecular weight excluding hydrogens is 316 g/mol. The van der Waals surface area contributed by atoms with Crippen molar-refractivity contribution >= 4 is 17.7 Å². The van der Waals surface area contributed by atoms with Gasteiger partial charge in [0.25, 0.3) is 0 Å². The molecule has 2 rings (SSSR count). The summed E-state index contributed by atoms with van der Waals surface area (Å²) in [4.78, 5) is 14.1. The minimum absolute atomic E-state index is 0.286. The topological polar surface area (TPSA) is 67.3 Å². The highest BCUT2D eigenvalue weighted by Crippen LogP contribution is 2.19. The van der Waals surface area contributed by atoms with E-state index in [4.69, 9.17) is 16.3 Å². The van der Waals surface area contributed by atoms with Gasteiger partial charge in [0.2, 0.25) is 0 Å². The van der Waals surface area contributed by atoms with Crippen molar-refractivity contribution in [3.05, 3.63) is 23.0 Å². The molecule has 1 saturated heterocycles. The average Bonchev–Trinajstić information content (AvgIpc) is 2.47. The summed E-state index contributed by atoms with van der Waals surface area (Å²) in [6.07, 6.45) is 3.01. The third kappa shape index (κ3) is 6.31. The van der Waals surface area contributed by atoms with Crippen molar-refractivity contribution in [2.24, 2.45) is 0 Å². The quantitative estimate of drug-likeness (QED) is 0.912. The fraction of sp³-hybridized carbons (Fsp3) is 0.688. The Labute approximate surface area is 142 Å². The zero-order valence-corrected chi connectivity index (χ0v) is 14.8. The van der Waals surface area contributed by atoms with Crippen molar-refractivity contribution < 1.29 is 9.53 Å². The molecule has 0 aromatic carbocycles. The smallest absolute Gasteiger partial charge is 0.407 e. The minimum atomic E-state index is -0.477. The number of nitrogens with one attached hydrogen (secondary N) is 1. The third-order valence-corrected chi connectivity index (χ3v) is 3.88. The maximum atomic E-state index is 11.8.